The Morgan fingerprint density at radius 3 is 2.31 bits per heavy atom. The molecule has 4 heterocycles. The van der Waals surface area contributed by atoms with Gasteiger partial charge < -0.3 is 34.3 Å². The van der Waals surface area contributed by atoms with Gasteiger partial charge in [0.2, 0.25) is 5.91 Å². The number of aromatic nitrogens is 1. The van der Waals surface area contributed by atoms with Gasteiger partial charge in [-0.05, 0) is 107 Å². The highest BCUT2D eigenvalue weighted by molar-refractivity contribution is 7.91. The number of halogens is 2. The molecule has 0 radical (unpaired) electrons. The molecule has 0 bridgehead atoms. The third kappa shape index (κ3) is 10.2. The first kappa shape index (κ1) is 47.1. The van der Waals surface area contributed by atoms with E-state index in [-0.39, 0.29) is 30.2 Å². The summed E-state index contributed by atoms with van der Waals surface area (Å²) in [6.45, 7) is 3.17. The molecule has 5 aromatic carbocycles. The number of morpholine rings is 1. The number of aliphatic hydroxyl groups excluding tert-OH is 1. The molecule has 3 aliphatic rings. The standard InChI is InChI=1S/C50H45Cl2N5O9S2/c1-30-49(67-50(54-30)56-16-18-63-19-17-56)68(61,62)57-26-38-24-46-45(65-29-47(66-46)36-11-13-39(14-12-36)64-28-33-6-15-40(51)41(52)20-33)23-37(38)22-43(57)48(60)55-42(44(59)27-58)21-31-2-7-34(8-3-31)35-9-4-32(25-53)5-10-35/h2-15,20,23-24,42-43,47,58H,16-19,21-22,26-29H2,1H3,(H,55,60)/t42-,43-,47?/m0/s1. The number of Topliss-reactive ketones (excluding diaryl/α,β-unsaturated/α-hetero) is 1. The van der Waals surface area contributed by atoms with Gasteiger partial charge in [-0.3, -0.25) is 9.59 Å². The smallest absolute Gasteiger partial charge is 0.255 e. The summed E-state index contributed by atoms with van der Waals surface area (Å²) in [4.78, 5) is 34.5. The highest BCUT2D eigenvalue weighted by Gasteiger charge is 2.43. The Hall–Kier alpha value is -6.03. The maximum absolute atomic E-state index is 15.0. The summed E-state index contributed by atoms with van der Waals surface area (Å²) >= 11 is 13.3. The first-order valence-corrected chi connectivity index (χ1v) is 24.9. The number of thiazole rings is 1. The molecule has 350 valence electrons. The Morgan fingerprint density at radius 2 is 1.62 bits per heavy atom. The van der Waals surface area contributed by atoms with Crippen LogP contribution in [0.5, 0.6) is 17.2 Å². The number of ketones is 1. The Bertz CT molecular complexity index is 2990. The third-order valence-electron chi connectivity index (χ3n) is 12.1. The number of rotatable bonds is 14. The molecule has 0 aliphatic carbocycles. The molecule has 1 saturated heterocycles. The highest BCUT2D eigenvalue weighted by atomic mass is 35.5. The molecule has 14 nitrogen and oxygen atoms in total. The fourth-order valence-corrected chi connectivity index (χ4v) is 11.9. The number of carbonyl (C=O) groups is 2. The lowest BCUT2D eigenvalue weighted by molar-refractivity contribution is -0.131. The Balaban J connectivity index is 0.965. The molecular formula is C50H45Cl2N5O9S2. The number of nitrogens with zero attached hydrogens (tertiary/aromatic N) is 4. The van der Waals surface area contributed by atoms with E-state index in [4.69, 9.17) is 42.1 Å². The van der Waals surface area contributed by atoms with E-state index in [2.05, 4.69) is 16.4 Å². The maximum atomic E-state index is 15.0. The Morgan fingerprint density at radius 1 is 0.926 bits per heavy atom. The third-order valence-corrected chi connectivity index (χ3v) is 16.5. The molecule has 6 aromatic rings. The molecule has 0 saturated carbocycles. The molecular weight excluding hydrogens is 950 g/mol. The number of fused-ring (bicyclic) bond motifs is 2. The van der Waals surface area contributed by atoms with E-state index >= 15 is 0 Å². The summed E-state index contributed by atoms with van der Waals surface area (Å²) in [6, 6.07) is 30.5. The van der Waals surface area contributed by atoms with Crippen molar-refractivity contribution in [2.45, 2.75) is 55.3 Å². The van der Waals surface area contributed by atoms with Crippen molar-refractivity contribution in [1.29, 1.82) is 5.26 Å². The van der Waals surface area contributed by atoms with Crippen LogP contribution in [0.15, 0.2) is 107 Å². The number of aryl methyl sites for hydroxylation is 1. The van der Waals surface area contributed by atoms with Crippen LogP contribution in [0.3, 0.4) is 0 Å². The van der Waals surface area contributed by atoms with Crippen LogP contribution in [0.25, 0.3) is 11.1 Å². The van der Waals surface area contributed by atoms with Gasteiger partial charge in [0.05, 0.1) is 46.6 Å². The largest absolute Gasteiger partial charge is 0.489 e. The summed E-state index contributed by atoms with van der Waals surface area (Å²) in [5, 5.41) is 23.5. The summed E-state index contributed by atoms with van der Waals surface area (Å²) in [6.07, 6.45) is -0.490. The number of aliphatic hydroxyl groups is 1. The zero-order chi connectivity index (χ0) is 47.5. The van der Waals surface area contributed by atoms with E-state index in [1.807, 2.05) is 71.6 Å². The number of hydrogen-bond donors (Lipinski definition) is 2. The number of carbonyl (C=O) groups excluding carboxylic acids is 2. The van der Waals surface area contributed by atoms with Gasteiger partial charge >= 0.3 is 0 Å². The van der Waals surface area contributed by atoms with E-state index in [1.54, 1.807) is 43.3 Å². The van der Waals surface area contributed by atoms with Crippen molar-refractivity contribution in [2.24, 2.45) is 0 Å². The first-order chi connectivity index (χ1) is 32.9. The fourth-order valence-electron chi connectivity index (χ4n) is 8.38. The zero-order valence-electron chi connectivity index (χ0n) is 36.7. The van der Waals surface area contributed by atoms with Crippen LogP contribution in [0.2, 0.25) is 10.0 Å². The van der Waals surface area contributed by atoms with Crippen LogP contribution in [0.1, 0.15) is 45.2 Å². The number of ether oxygens (including phenoxy) is 4. The van der Waals surface area contributed by atoms with Crippen LogP contribution < -0.4 is 24.4 Å². The second-order valence-corrected chi connectivity index (χ2v) is 20.5. The van der Waals surface area contributed by atoms with Crippen molar-refractivity contribution >= 4 is 61.4 Å². The second kappa shape index (κ2) is 20.3. The van der Waals surface area contributed by atoms with Gasteiger partial charge in [-0.15, -0.1) is 0 Å². The average molecular weight is 995 g/mol. The predicted molar refractivity (Wildman–Crippen MR) is 257 cm³/mol. The fraction of sp³-hybridized carbons (Fsp3) is 0.280. The lowest BCUT2D eigenvalue weighted by Gasteiger charge is -2.36. The van der Waals surface area contributed by atoms with Crippen LogP contribution in [0, 0.1) is 18.3 Å². The number of hydrogen-bond acceptors (Lipinski definition) is 13. The van der Waals surface area contributed by atoms with Gasteiger partial charge in [0.25, 0.3) is 10.0 Å². The highest BCUT2D eigenvalue weighted by Crippen LogP contribution is 2.43. The molecule has 2 N–H and O–H groups in total. The minimum absolute atomic E-state index is 0.00702. The van der Waals surface area contributed by atoms with Gasteiger partial charge in [-0.25, -0.2) is 13.4 Å². The van der Waals surface area contributed by atoms with E-state index in [1.165, 1.54) is 4.31 Å². The van der Waals surface area contributed by atoms with Crippen LogP contribution in [0.4, 0.5) is 5.13 Å². The van der Waals surface area contributed by atoms with Crippen molar-refractivity contribution in [3.63, 3.8) is 0 Å². The van der Waals surface area contributed by atoms with Crippen molar-refractivity contribution in [3.05, 3.63) is 152 Å². The summed E-state index contributed by atoms with van der Waals surface area (Å²) in [5.41, 5.74) is 6.32. The molecule has 3 aliphatic heterocycles. The van der Waals surface area contributed by atoms with E-state index in [9.17, 15) is 28.4 Å². The Kier molecular flexibility index (Phi) is 14.0. The number of amides is 1. The quantitative estimate of drug-likeness (QED) is 0.109. The Labute approximate surface area is 407 Å². The number of anilines is 1. The van der Waals surface area contributed by atoms with E-state index in [0.29, 0.717) is 93.3 Å². The predicted octanol–water partition coefficient (Wildman–Crippen LogP) is 7.63. The lowest BCUT2D eigenvalue weighted by atomic mass is 9.93. The van der Waals surface area contributed by atoms with Crippen molar-refractivity contribution in [3.8, 4) is 34.4 Å². The SMILES string of the molecule is Cc1nc(N2CCOCC2)sc1S(=O)(=O)N1Cc2cc3c(cc2C[C@H]1C(=O)N[C@@H](Cc1ccc(-c2ccc(C#N)cc2)cc1)C(=O)CO)OCC(c1ccc(OCc2ccc(Cl)c(Cl)c2)cc1)O3. The molecule has 1 amide bonds. The van der Waals surface area contributed by atoms with Gasteiger partial charge in [0, 0.05) is 19.6 Å². The van der Waals surface area contributed by atoms with Gasteiger partial charge in [0.15, 0.2) is 32.7 Å². The molecule has 3 atom stereocenters. The number of sulfonamides is 1. The van der Waals surface area contributed by atoms with Gasteiger partial charge in [0.1, 0.15) is 31.6 Å². The second-order valence-electron chi connectivity index (χ2n) is 16.6. The van der Waals surface area contributed by atoms with E-state index in [0.717, 1.165) is 33.6 Å². The number of nitriles is 1. The molecule has 9 rings (SSSR count). The average Bonchev–Trinajstić information content (AvgIpc) is 3.78. The van der Waals surface area contributed by atoms with Crippen LogP contribution in [-0.2, 0) is 50.3 Å². The summed E-state index contributed by atoms with van der Waals surface area (Å²) in [5.74, 6) is 0.176. The molecule has 0 spiro atoms. The minimum atomic E-state index is -4.39. The number of benzene rings is 5. The van der Waals surface area contributed by atoms with Gasteiger partial charge in [-0.1, -0.05) is 89.1 Å². The maximum Gasteiger partial charge on any atom is 0.255 e. The molecule has 1 fully saturated rings. The molecule has 1 unspecified atom stereocenters. The lowest BCUT2D eigenvalue weighted by Crippen LogP contribution is -2.56. The van der Waals surface area contributed by atoms with Crippen LogP contribution >= 0.6 is 34.5 Å². The molecule has 68 heavy (non-hydrogen) atoms. The summed E-state index contributed by atoms with van der Waals surface area (Å²) < 4.78 is 55.3. The van der Waals surface area contributed by atoms with Crippen molar-refractivity contribution < 1.29 is 42.1 Å². The topological polar surface area (TPSA) is 181 Å². The normalized spacial score (nSPS) is 17.4. The zero-order valence-corrected chi connectivity index (χ0v) is 39.8. The minimum Gasteiger partial charge on any atom is -0.489 e. The first-order valence-electron chi connectivity index (χ1n) is 21.8. The molecule has 1 aromatic heterocycles. The van der Waals surface area contributed by atoms with Crippen molar-refractivity contribution in [1.82, 2.24) is 14.6 Å². The summed E-state index contributed by atoms with van der Waals surface area (Å²) in [7, 11) is -4.39. The van der Waals surface area contributed by atoms with Gasteiger partial charge in [-0.2, -0.15) is 9.57 Å². The monoisotopic (exact) mass is 993 g/mol. The number of nitrogens with one attached hydrogen (secondary N) is 1. The van der Waals surface area contributed by atoms with E-state index < -0.39 is 46.5 Å². The van der Waals surface area contributed by atoms with Crippen molar-refractivity contribution in [2.75, 3.05) is 44.4 Å². The van der Waals surface area contributed by atoms with Crippen LogP contribution in [-0.4, -0.2) is 86.1 Å². The molecule has 18 heteroatoms.